The van der Waals surface area contributed by atoms with Gasteiger partial charge in [0, 0.05) is 5.56 Å². The van der Waals surface area contributed by atoms with Gasteiger partial charge in [-0.2, -0.15) is 0 Å². The smallest absolute Gasteiger partial charge is 0.276 e. The van der Waals surface area contributed by atoms with E-state index >= 15 is 0 Å². The van der Waals surface area contributed by atoms with Crippen LogP contribution in [0.25, 0.3) is 33.3 Å². The number of nitrogens with zero attached hydrogens (tertiary/aromatic N) is 2. The van der Waals surface area contributed by atoms with Crippen LogP contribution in [0.1, 0.15) is 0 Å². The van der Waals surface area contributed by atoms with Gasteiger partial charge in [-0.15, -0.1) is 0 Å². The number of ether oxygens (including phenoxy) is 1. The van der Waals surface area contributed by atoms with Gasteiger partial charge < -0.3 is 14.7 Å². The fraction of sp³-hybridized carbons (Fsp3) is 0.0625. The fourth-order valence-electron chi connectivity index (χ4n) is 2.47. The molecule has 4 rings (SSSR count). The van der Waals surface area contributed by atoms with Crippen molar-refractivity contribution in [1.29, 1.82) is 0 Å². The number of H-pyrrole nitrogens is 2. The van der Waals surface area contributed by atoms with Crippen LogP contribution in [0, 0.1) is 0 Å². The number of aromatic nitrogens is 4. The number of fused-ring (bicyclic) bond motifs is 2. The lowest BCUT2D eigenvalue weighted by Gasteiger charge is -2.04. The van der Waals surface area contributed by atoms with Gasteiger partial charge in [0.1, 0.15) is 11.6 Å². The maximum Gasteiger partial charge on any atom is 0.276 e. The van der Waals surface area contributed by atoms with E-state index in [1.54, 1.807) is 7.11 Å². The lowest BCUT2D eigenvalue weighted by Crippen LogP contribution is -2.05. The monoisotopic (exact) mass is 292 g/mol. The molecule has 108 valence electrons. The summed E-state index contributed by atoms with van der Waals surface area (Å²) in [5.74, 6) is 1.44. The third-order valence-corrected chi connectivity index (χ3v) is 3.62. The molecule has 0 aliphatic carbocycles. The average molecular weight is 292 g/mol. The number of hydrogen-bond acceptors (Lipinski definition) is 4. The van der Waals surface area contributed by atoms with Crippen LogP contribution < -0.4 is 10.3 Å². The summed E-state index contributed by atoms with van der Waals surface area (Å²) in [6.07, 6.45) is 1.35. The van der Waals surface area contributed by atoms with E-state index in [1.807, 2.05) is 36.4 Å². The Labute approximate surface area is 124 Å². The standard InChI is InChI=1S/C16H12N4O2/c1-22-12-5-4-9-6-11(3-2-10(9)7-12)14-19-13-15(20-14)17-8-18-16(13)21/h2-8H,1H3,(H2,17,18,19,20,21). The zero-order valence-corrected chi connectivity index (χ0v) is 11.8. The minimum absolute atomic E-state index is 0.228. The van der Waals surface area contributed by atoms with Gasteiger partial charge in [-0.1, -0.05) is 18.2 Å². The van der Waals surface area contributed by atoms with Gasteiger partial charge in [-0.05, 0) is 29.0 Å². The fourth-order valence-corrected chi connectivity index (χ4v) is 2.47. The SMILES string of the molecule is COc1ccc2cc(-c3nc4nc[nH]c(=O)c4[nH]3)ccc2c1. The van der Waals surface area contributed by atoms with E-state index in [0.29, 0.717) is 17.0 Å². The first-order chi connectivity index (χ1) is 10.7. The van der Waals surface area contributed by atoms with Crippen molar-refractivity contribution in [2.24, 2.45) is 0 Å². The number of hydrogen-bond donors (Lipinski definition) is 2. The molecule has 0 aliphatic rings. The molecule has 2 heterocycles. The molecule has 0 amide bonds. The zero-order chi connectivity index (χ0) is 15.1. The molecule has 22 heavy (non-hydrogen) atoms. The predicted octanol–water partition coefficient (Wildman–Crippen LogP) is 2.47. The maximum atomic E-state index is 11.7. The molecule has 2 aromatic carbocycles. The van der Waals surface area contributed by atoms with E-state index in [4.69, 9.17) is 4.74 Å². The molecule has 0 fully saturated rings. The lowest BCUT2D eigenvalue weighted by atomic mass is 10.1. The van der Waals surface area contributed by atoms with Gasteiger partial charge in [0.15, 0.2) is 11.2 Å². The highest BCUT2D eigenvalue weighted by Gasteiger charge is 2.09. The molecule has 6 heteroatoms. The van der Waals surface area contributed by atoms with Gasteiger partial charge in [-0.3, -0.25) is 4.79 Å². The molecule has 2 N–H and O–H groups in total. The third kappa shape index (κ3) is 1.93. The molecule has 0 saturated carbocycles. The minimum atomic E-state index is -0.228. The quantitative estimate of drug-likeness (QED) is 0.594. The van der Waals surface area contributed by atoms with Crippen LogP contribution in [-0.4, -0.2) is 27.0 Å². The normalized spacial score (nSPS) is 11.1. The molecule has 0 atom stereocenters. The molecule has 6 nitrogen and oxygen atoms in total. The molecule has 2 aromatic heterocycles. The van der Waals surface area contributed by atoms with E-state index < -0.39 is 0 Å². The second-order valence-electron chi connectivity index (χ2n) is 4.94. The van der Waals surface area contributed by atoms with Gasteiger partial charge in [0.2, 0.25) is 0 Å². The molecule has 0 saturated heterocycles. The summed E-state index contributed by atoms with van der Waals surface area (Å²) in [7, 11) is 1.65. The Kier molecular flexibility index (Phi) is 2.69. The Hall–Kier alpha value is -3.15. The van der Waals surface area contributed by atoms with E-state index in [9.17, 15) is 4.79 Å². The molecule has 0 spiro atoms. The molecule has 4 aromatic rings. The number of aromatic amines is 2. The van der Waals surface area contributed by atoms with Crippen LogP contribution in [0.3, 0.4) is 0 Å². The van der Waals surface area contributed by atoms with Crippen molar-refractivity contribution in [3.8, 4) is 17.1 Å². The van der Waals surface area contributed by atoms with Gasteiger partial charge in [0.25, 0.3) is 5.56 Å². The Morgan fingerprint density at radius 3 is 2.73 bits per heavy atom. The largest absolute Gasteiger partial charge is 0.497 e. The van der Waals surface area contributed by atoms with Gasteiger partial charge in [-0.25, -0.2) is 9.97 Å². The molecular formula is C16H12N4O2. The first-order valence-electron chi connectivity index (χ1n) is 6.76. The Bertz CT molecular complexity index is 1050. The first-order valence-corrected chi connectivity index (χ1v) is 6.76. The minimum Gasteiger partial charge on any atom is -0.497 e. The van der Waals surface area contributed by atoms with Crippen LogP contribution in [0.5, 0.6) is 5.75 Å². The van der Waals surface area contributed by atoms with E-state index in [2.05, 4.69) is 19.9 Å². The number of rotatable bonds is 2. The van der Waals surface area contributed by atoms with Crippen LogP contribution in [0.4, 0.5) is 0 Å². The topological polar surface area (TPSA) is 83.7 Å². The summed E-state index contributed by atoms with van der Waals surface area (Å²) < 4.78 is 5.23. The van der Waals surface area contributed by atoms with Crippen LogP contribution >= 0.6 is 0 Å². The summed E-state index contributed by atoms with van der Waals surface area (Å²) in [5, 5.41) is 2.15. The van der Waals surface area contributed by atoms with Crippen molar-refractivity contribution in [2.45, 2.75) is 0 Å². The molecule has 0 radical (unpaired) electrons. The highest BCUT2D eigenvalue weighted by Crippen LogP contribution is 2.26. The maximum absolute atomic E-state index is 11.7. The van der Waals surface area contributed by atoms with Gasteiger partial charge >= 0.3 is 0 Å². The summed E-state index contributed by atoms with van der Waals surface area (Å²) in [5.41, 5.74) is 1.46. The summed E-state index contributed by atoms with van der Waals surface area (Å²) in [6, 6.07) is 11.8. The van der Waals surface area contributed by atoms with Crippen molar-refractivity contribution in [3.05, 3.63) is 53.1 Å². The Morgan fingerprint density at radius 1 is 1.09 bits per heavy atom. The van der Waals surface area contributed by atoms with Crippen molar-refractivity contribution < 1.29 is 4.74 Å². The summed E-state index contributed by atoms with van der Waals surface area (Å²) >= 11 is 0. The van der Waals surface area contributed by atoms with Crippen LogP contribution in [0.2, 0.25) is 0 Å². The summed E-state index contributed by atoms with van der Waals surface area (Å²) in [6.45, 7) is 0. The number of imidazole rings is 1. The van der Waals surface area contributed by atoms with Crippen molar-refractivity contribution in [3.63, 3.8) is 0 Å². The van der Waals surface area contributed by atoms with E-state index in [1.165, 1.54) is 6.33 Å². The second-order valence-corrected chi connectivity index (χ2v) is 4.94. The van der Waals surface area contributed by atoms with E-state index in [0.717, 1.165) is 22.1 Å². The number of methoxy groups -OCH3 is 1. The average Bonchev–Trinajstić information content (AvgIpc) is 2.99. The van der Waals surface area contributed by atoms with Crippen molar-refractivity contribution >= 4 is 21.9 Å². The summed E-state index contributed by atoms with van der Waals surface area (Å²) in [4.78, 5) is 25.7. The number of nitrogens with one attached hydrogen (secondary N) is 2. The van der Waals surface area contributed by atoms with Gasteiger partial charge in [0.05, 0.1) is 13.4 Å². The lowest BCUT2D eigenvalue weighted by molar-refractivity contribution is 0.415. The Balaban J connectivity index is 1.88. The van der Waals surface area contributed by atoms with Crippen molar-refractivity contribution in [1.82, 2.24) is 19.9 Å². The third-order valence-electron chi connectivity index (χ3n) is 3.62. The number of benzene rings is 2. The molecule has 0 unspecified atom stereocenters. The highest BCUT2D eigenvalue weighted by atomic mass is 16.5. The molecule has 0 bridgehead atoms. The Morgan fingerprint density at radius 2 is 1.91 bits per heavy atom. The molecular weight excluding hydrogens is 280 g/mol. The van der Waals surface area contributed by atoms with Crippen LogP contribution in [-0.2, 0) is 0 Å². The zero-order valence-electron chi connectivity index (χ0n) is 11.8. The second kappa shape index (κ2) is 4.70. The predicted molar refractivity (Wildman–Crippen MR) is 84.0 cm³/mol. The van der Waals surface area contributed by atoms with Crippen molar-refractivity contribution in [2.75, 3.05) is 7.11 Å². The van der Waals surface area contributed by atoms with Crippen LogP contribution in [0.15, 0.2) is 47.5 Å². The first kappa shape index (κ1) is 12.6. The van der Waals surface area contributed by atoms with E-state index in [-0.39, 0.29) is 5.56 Å². The highest BCUT2D eigenvalue weighted by molar-refractivity contribution is 5.88. The molecule has 0 aliphatic heterocycles.